The minimum Gasteiger partial charge on any atom is -0.508 e. The van der Waals surface area contributed by atoms with Crippen molar-refractivity contribution >= 4 is 6.08 Å². The first-order chi connectivity index (χ1) is 9.20. The van der Waals surface area contributed by atoms with E-state index in [1.807, 2.05) is 6.08 Å². The van der Waals surface area contributed by atoms with Crippen molar-refractivity contribution in [3.63, 3.8) is 0 Å². The molecule has 0 radical (unpaired) electrons. The number of rotatable bonds is 4. The Balaban J connectivity index is 2.12. The molecule has 2 rings (SSSR count). The molecular formula is C16H15FO2. The van der Waals surface area contributed by atoms with E-state index < -0.39 is 0 Å². The van der Waals surface area contributed by atoms with Crippen molar-refractivity contribution in [2.24, 2.45) is 0 Å². The summed E-state index contributed by atoms with van der Waals surface area (Å²) in [5, 5.41) is 9.72. The molecular weight excluding hydrogens is 243 g/mol. The summed E-state index contributed by atoms with van der Waals surface area (Å²) < 4.78 is 18.5. The third-order valence-corrected chi connectivity index (χ3v) is 2.83. The molecule has 2 aromatic carbocycles. The molecule has 0 spiro atoms. The summed E-state index contributed by atoms with van der Waals surface area (Å²) in [5.74, 6) is 0.639. The lowest BCUT2D eigenvalue weighted by Crippen LogP contribution is -1.87. The number of methoxy groups -OCH3 is 1. The number of aromatic hydroxyl groups is 1. The highest BCUT2D eigenvalue weighted by molar-refractivity contribution is 5.51. The first-order valence-corrected chi connectivity index (χ1v) is 5.97. The molecule has 0 aliphatic heterocycles. The lowest BCUT2D eigenvalue weighted by Gasteiger charge is -2.05. The van der Waals surface area contributed by atoms with Crippen molar-refractivity contribution in [2.75, 3.05) is 7.11 Å². The maximum absolute atomic E-state index is 13.4. The van der Waals surface area contributed by atoms with Gasteiger partial charge in [0.2, 0.25) is 0 Å². The minimum absolute atomic E-state index is 0.207. The Labute approximate surface area is 111 Å². The van der Waals surface area contributed by atoms with Crippen LogP contribution in [0.5, 0.6) is 11.5 Å². The third kappa shape index (κ3) is 3.35. The van der Waals surface area contributed by atoms with Gasteiger partial charge in [0.1, 0.15) is 17.3 Å². The van der Waals surface area contributed by atoms with Crippen molar-refractivity contribution in [2.45, 2.75) is 6.42 Å². The molecule has 0 saturated carbocycles. The van der Waals surface area contributed by atoms with Crippen LogP contribution in [0.2, 0.25) is 0 Å². The molecule has 0 aliphatic rings. The molecule has 0 unspecified atom stereocenters. The number of hydrogen-bond acceptors (Lipinski definition) is 2. The van der Waals surface area contributed by atoms with Gasteiger partial charge in [0, 0.05) is 11.1 Å². The highest BCUT2D eigenvalue weighted by atomic mass is 19.1. The second kappa shape index (κ2) is 6.05. The Morgan fingerprint density at radius 1 is 1.21 bits per heavy atom. The molecule has 0 aromatic heterocycles. The van der Waals surface area contributed by atoms with E-state index in [1.54, 1.807) is 49.6 Å². The van der Waals surface area contributed by atoms with Crippen LogP contribution in [0.15, 0.2) is 48.5 Å². The molecule has 2 aromatic rings. The van der Waals surface area contributed by atoms with Crippen LogP contribution in [0.25, 0.3) is 6.08 Å². The quantitative estimate of drug-likeness (QED) is 0.904. The molecule has 1 N–H and O–H groups in total. The fourth-order valence-electron chi connectivity index (χ4n) is 1.78. The first-order valence-electron chi connectivity index (χ1n) is 5.97. The van der Waals surface area contributed by atoms with Crippen LogP contribution < -0.4 is 4.74 Å². The minimum atomic E-state index is -0.256. The molecule has 0 heterocycles. The van der Waals surface area contributed by atoms with Gasteiger partial charge in [-0.3, -0.25) is 0 Å². The van der Waals surface area contributed by atoms with Crippen molar-refractivity contribution in [1.82, 2.24) is 0 Å². The number of allylic oxidation sites excluding steroid dienone is 1. The van der Waals surface area contributed by atoms with Crippen LogP contribution in [0, 0.1) is 5.82 Å². The van der Waals surface area contributed by atoms with Gasteiger partial charge in [-0.2, -0.15) is 0 Å². The summed E-state index contributed by atoms with van der Waals surface area (Å²) >= 11 is 0. The van der Waals surface area contributed by atoms with Gasteiger partial charge in [-0.05, 0) is 30.7 Å². The van der Waals surface area contributed by atoms with Crippen LogP contribution >= 0.6 is 0 Å². The lowest BCUT2D eigenvalue weighted by molar-refractivity contribution is 0.411. The van der Waals surface area contributed by atoms with Gasteiger partial charge in [-0.25, -0.2) is 4.39 Å². The monoisotopic (exact) mass is 258 g/mol. The largest absolute Gasteiger partial charge is 0.508 e. The Morgan fingerprint density at radius 2 is 2.00 bits per heavy atom. The molecule has 2 nitrogen and oxygen atoms in total. The van der Waals surface area contributed by atoms with E-state index in [4.69, 9.17) is 4.74 Å². The second-order valence-electron chi connectivity index (χ2n) is 4.12. The van der Waals surface area contributed by atoms with Crippen molar-refractivity contribution in [3.05, 3.63) is 65.5 Å². The Bertz CT molecular complexity index is 591. The van der Waals surface area contributed by atoms with Gasteiger partial charge in [-0.15, -0.1) is 0 Å². The Morgan fingerprint density at radius 3 is 2.74 bits per heavy atom. The summed E-state index contributed by atoms with van der Waals surface area (Å²) in [6.45, 7) is 0. The standard InChI is InChI=1S/C16H15FO2/c1-19-14-9-10-16(18)13(11-14)7-4-6-12-5-2-3-8-15(12)17/h2-6,8-11,18H,7H2,1H3/b6-4+. The van der Waals surface area contributed by atoms with Crippen LogP contribution in [0.4, 0.5) is 4.39 Å². The van der Waals surface area contributed by atoms with Crippen LogP contribution in [0.3, 0.4) is 0 Å². The number of halogens is 1. The highest BCUT2D eigenvalue weighted by Crippen LogP contribution is 2.23. The highest BCUT2D eigenvalue weighted by Gasteiger charge is 2.01. The molecule has 19 heavy (non-hydrogen) atoms. The zero-order valence-electron chi connectivity index (χ0n) is 10.6. The molecule has 0 aliphatic carbocycles. The van der Waals surface area contributed by atoms with Crippen LogP contribution in [0.1, 0.15) is 11.1 Å². The molecule has 0 atom stereocenters. The van der Waals surface area contributed by atoms with Crippen molar-refractivity contribution < 1.29 is 14.2 Å². The van der Waals surface area contributed by atoms with E-state index in [0.29, 0.717) is 17.7 Å². The molecule has 0 amide bonds. The zero-order valence-corrected chi connectivity index (χ0v) is 10.6. The number of hydrogen-bond donors (Lipinski definition) is 1. The van der Waals surface area contributed by atoms with Gasteiger partial charge in [0.15, 0.2) is 0 Å². The van der Waals surface area contributed by atoms with Crippen LogP contribution in [-0.2, 0) is 6.42 Å². The average Bonchev–Trinajstić information content (AvgIpc) is 2.43. The van der Waals surface area contributed by atoms with E-state index in [9.17, 15) is 9.50 Å². The van der Waals surface area contributed by atoms with Gasteiger partial charge < -0.3 is 9.84 Å². The molecule has 98 valence electrons. The maximum atomic E-state index is 13.4. The van der Waals surface area contributed by atoms with Gasteiger partial charge in [0.25, 0.3) is 0 Å². The number of phenols is 1. The Hall–Kier alpha value is -2.29. The second-order valence-corrected chi connectivity index (χ2v) is 4.12. The van der Waals surface area contributed by atoms with Gasteiger partial charge in [0.05, 0.1) is 7.11 Å². The SMILES string of the molecule is COc1ccc(O)c(C/C=C/c2ccccc2F)c1. The topological polar surface area (TPSA) is 29.5 Å². The fraction of sp³-hybridized carbons (Fsp3) is 0.125. The number of phenolic OH excluding ortho intramolecular Hbond substituents is 1. The summed E-state index contributed by atoms with van der Waals surface area (Å²) in [5.41, 5.74) is 1.27. The summed E-state index contributed by atoms with van der Waals surface area (Å²) in [6.07, 6.45) is 4.03. The van der Waals surface area contributed by atoms with E-state index in [1.165, 1.54) is 6.07 Å². The van der Waals surface area contributed by atoms with Gasteiger partial charge in [-0.1, -0.05) is 30.4 Å². The predicted octanol–water partition coefficient (Wildman–Crippen LogP) is 3.80. The molecule has 0 fully saturated rings. The fourth-order valence-corrected chi connectivity index (χ4v) is 1.78. The van der Waals surface area contributed by atoms with Crippen LogP contribution in [-0.4, -0.2) is 12.2 Å². The average molecular weight is 258 g/mol. The third-order valence-electron chi connectivity index (χ3n) is 2.83. The van der Waals surface area contributed by atoms with E-state index >= 15 is 0 Å². The predicted molar refractivity (Wildman–Crippen MR) is 73.8 cm³/mol. The number of ether oxygens (including phenoxy) is 1. The lowest BCUT2D eigenvalue weighted by atomic mass is 10.1. The van der Waals surface area contributed by atoms with Crippen molar-refractivity contribution in [3.8, 4) is 11.5 Å². The van der Waals surface area contributed by atoms with Gasteiger partial charge >= 0.3 is 0 Å². The molecule has 0 bridgehead atoms. The van der Waals surface area contributed by atoms with Crippen molar-refractivity contribution in [1.29, 1.82) is 0 Å². The molecule has 0 saturated heterocycles. The smallest absolute Gasteiger partial charge is 0.130 e. The zero-order chi connectivity index (χ0) is 13.7. The summed E-state index contributed by atoms with van der Waals surface area (Å²) in [4.78, 5) is 0. The molecule has 3 heteroatoms. The normalized spacial score (nSPS) is 10.8. The summed E-state index contributed by atoms with van der Waals surface area (Å²) in [6, 6.07) is 11.6. The van der Waals surface area contributed by atoms with E-state index in [2.05, 4.69) is 0 Å². The number of benzene rings is 2. The van der Waals surface area contributed by atoms with E-state index in [-0.39, 0.29) is 11.6 Å². The van der Waals surface area contributed by atoms with E-state index in [0.717, 1.165) is 5.56 Å². The maximum Gasteiger partial charge on any atom is 0.130 e. The first kappa shape index (κ1) is 13.1. The Kier molecular flexibility index (Phi) is 4.18. The summed E-state index contributed by atoms with van der Waals surface area (Å²) in [7, 11) is 1.57.